The summed E-state index contributed by atoms with van der Waals surface area (Å²) in [5.74, 6) is -2.02. The molecule has 0 N–H and O–H groups in total. The van der Waals surface area contributed by atoms with Crippen molar-refractivity contribution in [1.29, 1.82) is 0 Å². The van der Waals surface area contributed by atoms with E-state index in [1.165, 1.54) is 24.3 Å². The van der Waals surface area contributed by atoms with Gasteiger partial charge in [0.1, 0.15) is 11.4 Å². The number of hydrogen-bond acceptors (Lipinski definition) is 3. The van der Waals surface area contributed by atoms with Crippen LogP contribution in [0, 0.1) is 5.82 Å². The normalized spacial score (nSPS) is 14.4. The van der Waals surface area contributed by atoms with Crippen molar-refractivity contribution in [3.05, 3.63) is 102 Å². The number of benzene rings is 3. The molecule has 6 heteroatoms. The maximum atomic E-state index is 13.6. The molecular weight excluding hydrogens is 371 g/mol. The Kier molecular flexibility index (Phi) is 4.75. The highest BCUT2D eigenvalue weighted by atomic mass is 19.1. The van der Waals surface area contributed by atoms with Crippen LogP contribution in [0.3, 0.4) is 0 Å². The van der Waals surface area contributed by atoms with Crippen molar-refractivity contribution >= 4 is 35.3 Å². The number of nitrogens with zero attached hydrogens (tertiary/aromatic N) is 2. The average molecular weight is 386 g/mol. The van der Waals surface area contributed by atoms with Gasteiger partial charge >= 0.3 is 6.03 Å². The van der Waals surface area contributed by atoms with E-state index in [4.69, 9.17) is 0 Å². The third-order valence-electron chi connectivity index (χ3n) is 4.44. The van der Waals surface area contributed by atoms with Crippen LogP contribution >= 0.6 is 0 Å². The molecule has 142 valence electrons. The van der Waals surface area contributed by atoms with E-state index in [1.807, 2.05) is 0 Å². The van der Waals surface area contributed by atoms with E-state index in [0.29, 0.717) is 16.9 Å². The van der Waals surface area contributed by atoms with Crippen molar-refractivity contribution in [3.63, 3.8) is 0 Å². The first-order valence-electron chi connectivity index (χ1n) is 8.86. The van der Waals surface area contributed by atoms with Gasteiger partial charge in [-0.3, -0.25) is 9.59 Å². The van der Waals surface area contributed by atoms with Gasteiger partial charge in [0, 0.05) is 0 Å². The first-order chi connectivity index (χ1) is 14.1. The number of anilines is 2. The van der Waals surface area contributed by atoms with Crippen molar-refractivity contribution in [1.82, 2.24) is 0 Å². The Labute approximate surface area is 166 Å². The minimum atomic E-state index is -0.770. The zero-order chi connectivity index (χ0) is 20.4. The molecule has 0 saturated carbocycles. The van der Waals surface area contributed by atoms with Crippen LogP contribution in [0.5, 0.6) is 0 Å². The number of carbonyl (C=O) groups excluding carboxylic acids is 3. The molecule has 0 bridgehead atoms. The van der Waals surface area contributed by atoms with E-state index in [0.717, 1.165) is 9.80 Å². The van der Waals surface area contributed by atoms with Crippen molar-refractivity contribution < 1.29 is 18.8 Å². The van der Waals surface area contributed by atoms with Crippen molar-refractivity contribution in [3.8, 4) is 0 Å². The summed E-state index contributed by atoms with van der Waals surface area (Å²) in [7, 11) is 0. The van der Waals surface area contributed by atoms with E-state index in [2.05, 4.69) is 0 Å². The van der Waals surface area contributed by atoms with Gasteiger partial charge in [-0.05, 0) is 48.0 Å². The summed E-state index contributed by atoms with van der Waals surface area (Å²) in [5.41, 5.74) is 0.780. The van der Waals surface area contributed by atoms with Gasteiger partial charge in [-0.25, -0.2) is 19.0 Å². The van der Waals surface area contributed by atoms with Crippen molar-refractivity contribution in [2.45, 2.75) is 0 Å². The largest absolute Gasteiger partial charge is 0.343 e. The Hall–Kier alpha value is -4.06. The number of halogens is 1. The van der Waals surface area contributed by atoms with Crippen LogP contribution in [0.15, 0.2) is 90.5 Å². The molecule has 5 nitrogen and oxygen atoms in total. The second-order valence-electron chi connectivity index (χ2n) is 6.35. The van der Waals surface area contributed by atoms with E-state index in [1.54, 1.807) is 66.7 Å². The molecule has 0 aliphatic carbocycles. The second kappa shape index (κ2) is 7.52. The Morgan fingerprint density at radius 1 is 0.655 bits per heavy atom. The molecule has 0 unspecified atom stereocenters. The lowest BCUT2D eigenvalue weighted by molar-refractivity contribution is -0.121. The van der Waals surface area contributed by atoms with E-state index in [-0.39, 0.29) is 5.57 Å². The number of barbiturate groups is 1. The number of para-hydroxylation sites is 2. The Morgan fingerprint density at radius 2 is 1.17 bits per heavy atom. The molecule has 1 fully saturated rings. The fourth-order valence-electron chi connectivity index (χ4n) is 3.10. The summed E-state index contributed by atoms with van der Waals surface area (Å²) in [6.07, 6.45) is 1.30. The summed E-state index contributed by atoms with van der Waals surface area (Å²) in [6, 6.07) is 21.5. The molecule has 0 atom stereocenters. The molecule has 3 aromatic carbocycles. The lowest BCUT2D eigenvalue weighted by atomic mass is 10.0. The van der Waals surface area contributed by atoms with E-state index >= 15 is 0 Å². The molecule has 3 aromatic rings. The minimum absolute atomic E-state index is 0.233. The summed E-state index contributed by atoms with van der Waals surface area (Å²) < 4.78 is 13.6. The molecule has 0 radical (unpaired) electrons. The van der Waals surface area contributed by atoms with Crippen LogP contribution < -0.4 is 9.80 Å². The topological polar surface area (TPSA) is 57.7 Å². The zero-order valence-electron chi connectivity index (χ0n) is 15.2. The monoisotopic (exact) mass is 386 g/mol. The maximum Gasteiger partial charge on any atom is 0.343 e. The third kappa shape index (κ3) is 3.43. The van der Waals surface area contributed by atoms with Gasteiger partial charge in [0.25, 0.3) is 11.8 Å². The van der Waals surface area contributed by atoms with Crippen LogP contribution in [0.4, 0.5) is 20.6 Å². The number of carbonyl (C=O) groups is 3. The summed E-state index contributed by atoms with van der Waals surface area (Å²) >= 11 is 0. The third-order valence-corrected chi connectivity index (χ3v) is 4.44. The van der Waals surface area contributed by atoms with Gasteiger partial charge in [-0.1, -0.05) is 48.5 Å². The molecule has 0 spiro atoms. The number of hydrogen-bond donors (Lipinski definition) is 0. The molecule has 1 saturated heterocycles. The SMILES string of the molecule is O=C1C(=Cc2cccc(F)c2)C(=O)N(c2ccccc2)C(=O)N1c1ccccc1. The average Bonchev–Trinajstić information content (AvgIpc) is 2.73. The predicted octanol–water partition coefficient (Wildman–Crippen LogP) is 4.41. The van der Waals surface area contributed by atoms with Crippen LogP contribution in [0.25, 0.3) is 6.08 Å². The molecular formula is C23H15FN2O3. The Morgan fingerprint density at radius 3 is 1.66 bits per heavy atom. The number of amides is 4. The predicted molar refractivity (Wildman–Crippen MR) is 108 cm³/mol. The first kappa shape index (κ1) is 18.3. The minimum Gasteiger partial charge on any atom is -0.268 e. The lowest BCUT2D eigenvalue weighted by Gasteiger charge is -2.33. The lowest BCUT2D eigenvalue weighted by Crippen LogP contribution is -2.57. The Bertz CT molecular complexity index is 1060. The molecule has 1 heterocycles. The number of urea groups is 1. The van der Waals surface area contributed by atoms with E-state index < -0.39 is 23.7 Å². The van der Waals surface area contributed by atoms with Gasteiger partial charge in [0.05, 0.1) is 11.4 Å². The fraction of sp³-hybridized carbons (Fsp3) is 0. The van der Waals surface area contributed by atoms with Gasteiger partial charge in [-0.2, -0.15) is 0 Å². The fourth-order valence-corrected chi connectivity index (χ4v) is 3.10. The summed E-state index contributed by atoms with van der Waals surface area (Å²) in [6.45, 7) is 0. The Balaban J connectivity index is 1.87. The van der Waals surface area contributed by atoms with Crippen molar-refractivity contribution in [2.75, 3.05) is 9.80 Å². The highest BCUT2D eigenvalue weighted by Gasteiger charge is 2.43. The second-order valence-corrected chi connectivity index (χ2v) is 6.35. The number of imide groups is 2. The smallest absolute Gasteiger partial charge is 0.268 e. The van der Waals surface area contributed by atoms with Gasteiger partial charge in [0.2, 0.25) is 0 Å². The van der Waals surface area contributed by atoms with Crippen LogP contribution in [0.2, 0.25) is 0 Å². The molecule has 4 rings (SSSR count). The highest BCUT2D eigenvalue weighted by molar-refractivity contribution is 6.46. The van der Waals surface area contributed by atoms with Crippen LogP contribution in [0.1, 0.15) is 5.56 Å². The molecule has 1 aliphatic heterocycles. The van der Waals surface area contributed by atoms with Crippen LogP contribution in [-0.4, -0.2) is 17.8 Å². The maximum absolute atomic E-state index is 13.6. The standard InChI is InChI=1S/C23H15FN2O3/c24-17-9-7-8-16(14-17)15-20-21(27)25(18-10-3-1-4-11-18)23(29)26(22(20)28)19-12-5-2-6-13-19/h1-15H. The van der Waals surface area contributed by atoms with Gasteiger partial charge in [0.15, 0.2) is 0 Å². The first-order valence-corrected chi connectivity index (χ1v) is 8.86. The van der Waals surface area contributed by atoms with Gasteiger partial charge in [-0.15, -0.1) is 0 Å². The molecule has 29 heavy (non-hydrogen) atoms. The summed E-state index contributed by atoms with van der Waals surface area (Å²) in [5, 5.41) is 0. The summed E-state index contributed by atoms with van der Waals surface area (Å²) in [4.78, 5) is 41.2. The van der Waals surface area contributed by atoms with Crippen LogP contribution in [-0.2, 0) is 9.59 Å². The molecule has 1 aliphatic rings. The quantitative estimate of drug-likeness (QED) is 0.495. The van der Waals surface area contributed by atoms with Gasteiger partial charge < -0.3 is 0 Å². The highest BCUT2D eigenvalue weighted by Crippen LogP contribution is 2.29. The zero-order valence-corrected chi connectivity index (χ0v) is 15.2. The van der Waals surface area contributed by atoms with Crippen molar-refractivity contribution in [2.24, 2.45) is 0 Å². The molecule has 0 aromatic heterocycles. The molecule has 4 amide bonds. The number of rotatable bonds is 3. The van der Waals surface area contributed by atoms with E-state index in [9.17, 15) is 18.8 Å².